The van der Waals surface area contributed by atoms with Crippen molar-refractivity contribution >= 4 is 0 Å². The smallest absolute Gasteiger partial charge is 0.406 e. The van der Waals surface area contributed by atoms with Crippen LogP contribution in [0.3, 0.4) is 0 Å². The second-order valence-electron chi connectivity index (χ2n) is 5.53. The van der Waals surface area contributed by atoms with Crippen molar-refractivity contribution in [1.29, 1.82) is 0 Å². The molecule has 21 heavy (non-hydrogen) atoms. The lowest BCUT2D eigenvalue weighted by atomic mass is 10.2. The number of ether oxygens (including phenoxy) is 1. The van der Waals surface area contributed by atoms with Gasteiger partial charge in [-0.2, -0.15) is 0 Å². The van der Waals surface area contributed by atoms with E-state index in [0.717, 1.165) is 18.7 Å². The SMILES string of the molecule is CC(C)CNCC(C)NCc1ccc(OC(F)(F)F)cc1. The Bertz CT molecular complexity index is 404. The molecule has 0 saturated carbocycles. The molecule has 1 aromatic rings. The fourth-order valence-corrected chi connectivity index (χ4v) is 1.76. The lowest BCUT2D eigenvalue weighted by Crippen LogP contribution is -2.37. The minimum absolute atomic E-state index is 0.196. The van der Waals surface area contributed by atoms with Gasteiger partial charge < -0.3 is 15.4 Å². The summed E-state index contributed by atoms with van der Waals surface area (Å²) >= 11 is 0. The maximum atomic E-state index is 12.0. The lowest BCUT2D eigenvalue weighted by Gasteiger charge is -2.16. The standard InChI is InChI=1S/C15H23F3N2O/c1-11(2)8-19-9-12(3)20-10-13-4-6-14(7-5-13)21-15(16,17)18/h4-7,11-12,19-20H,8-10H2,1-3H3. The number of hydrogen-bond acceptors (Lipinski definition) is 3. The molecule has 0 spiro atoms. The zero-order chi connectivity index (χ0) is 15.9. The highest BCUT2D eigenvalue weighted by atomic mass is 19.4. The van der Waals surface area contributed by atoms with Crippen molar-refractivity contribution in [3.05, 3.63) is 29.8 Å². The second kappa shape index (κ2) is 8.24. The molecule has 0 aliphatic rings. The van der Waals surface area contributed by atoms with Crippen LogP contribution in [0.15, 0.2) is 24.3 Å². The average Bonchev–Trinajstić information content (AvgIpc) is 2.35. The number of halogens is 3. The van der Waals surface area contributed by atoms with Crippen molar-refractivity contribution in [2.24, 2.45) is 5.92 Å². The van der Waals surface area contributed by atoms with Crippen molar-refractivity contribution in [2.75, 3.05) is 13.1 Å². The van der Waals surface area contributed by atoms with Crippen LogP contribution in [0, 0.1) is 5.92 Å². The molecule has 1 rings (SSSR count). The highest BCUT2D eigenvalue weighted by Crippen LogP contribution is 2.22. The first-order valence-electron chi connectivity index (χ1n) is 7.05. The molecular weight excluding hydrogens is 281 g/mol. The fraction of sp³-hybridized carbons (Fsp3) is 0.600. The normalized spacial score (nSPS) is 13.5. The number of nitrogens with one attached hydrogen (secondary N) is 2. The van der Waals surface area contributed by atoms with Gasteiger partial charge in [0.2, 0.25) is 0 Å². The van der Waals surface area contributed by atoms with E-state index in [0.29, 0.717) is 12.5 Å². The van der Waals surface area contributed by atoms with Gasteiger partial charge in [0.05, 0.1) is 0 Å². The predicted octanol–water partition coefficient (Wildman–Crippen LogP) is 3.31. The molecule has 0 saturated heterocycles. The third-order valence-electron chi connectivity index (χ3n) is 2.81. The van der Waals surface area contributed by atoms with Gasteiger partial charge in [-0.25, -0.2) is 0 Å². The molecule has 0 fully saturated rings. The first-order valence-corrected chi connectivity index (χ1v) is 7.05. The summed E-state index contributed by atoms with van der Waals surface area (Å²) in [6.07, 6.45) is -4.64. The van der Waals surface area contributed by atoms with Crippen LogP contribution in [-0.4, -0.2) is 25.5 Å². The van der Waals surface area contributed by atoms with Crippen molar-refractivity contribution in [1.82, 2.24) is 10.6 Å². The van der Waals surface area contributed by atoms with E-state index in [1.807, 2.05) is 0 Å². The van der Waals surface area contributed by atoms with E-state index >= 15 is 0 Å². The van der Waals surface area contributed by atoms with Crippen molar-refractivity contribution in [3.63, 3.8) is 0 Å². The molecule has 1 atom stereocenters. The third kappa shape index (κ3) is 8.57. The molecule has 0 amide bonds. The van der Waals surface area contributed by atoms with Crippen LogP contribution in [-0.2, 0) is 6.54 Å². The molecule has 0 heterocycles. The van der Waals surface area contributed by atoms with Gasteiger partial charge in [0.25, 0.3) is 0 Å². The van der Waals surface area contributed by atoms with Gasteiger partial charge in [-0.05, 0) is 37.1 Å². The minimum Gasteiger partial charge on any atom is -0.406 e. The minimum atomic E-state index is -4.64. The van der Waals surface area contributed by atoms with Gasteiger partial charge in [-0.15, -0.1) is 13.2 Å². The fourth-order valence-electron chi connectivity index (χ4n) is 1.76. The summed E-state index contributed by atoms with van der Waals surface area (Å²) in [6.45, 7) is 8.79. The van der Waals surface area contributed by atoms with Gasteiger partial charge in [0, 0.05) is 19.1 Å². The largest absolute Gasteiger partial charge is 0.573 e. The Balaban J connectivity index is 2.32. The molecule has 6 heteroatoms. The van der Waals surface area contributed by atoms with Gasteiger partial charge in [-0.3, -0.25) is 0 Å². The van der Waals surface area contributed by atoms with E-state index < -0.39 is 6.36 Å². The Kier molecular flexibility index (Phi) is 6.98. The molecule has 1 unspecified atom stereocenters. The van der Waals surface area contributed by atoms with Gasteiger partial charge in [-0.1, -0.05) is 26.0 Å². The first kappa shape index (κ1) is 17.8. The molecule has 0 radical (unpaired) electrons. The number of hydrogen-bond donors (Lipinski definition) is 2. The Morgan fingerprint density at radius 1 is 1.05 bits per heavy atom. The molecular formula is C15H23F3N2O. The first-order chi connectivity index (χ1) is 9.76. The summed E-state index contributed by atoms with van der Waals surface area (Å²) in [7, 11) is 0. The van der Waals surface area contributed by atoms with E-state index in [2.05, 4.69) is 36.1 Å². The lowest BCUT2D eigenvalue weighted by molar-refractivity contribution is -0.274. The van der Waals surface area contributed by atoms with E-state index in [-0.39, 0.29) is 11.8 Å². The van der Waals surface area contributed by atoms with E-state index in [1.54, 1.807) is 12.1 Å². The van der Waals surface area contributed by atoms with Crippen molar-refractivity contribution in [3.8, 4) is 5.75 Å². The number of benzene rings is 1. The number of rotatable bonds is 8. The Labute approximate surface area is 123 Å². The number of alkyl halides is 3. The Morgan fingerprint density at radius 2 is 1.67 bits per heavy atom. The van der Waals surface area contributed by atoms with Crippen LogP contribution < -0.4 is 15.4 Å². The van der Waals surface area contributed by atoms with Crippen LogP contribution in [0.1, 0.15) is 26.3 Å². The van der Waals surface area contributed by atoms with E-state index in [1.165, 1.54) is 12.1 Å². The molecule has 0 aliphatic carbocycles. The van der Waals surface area contributed by atoms with Crippen LogP contribution in [0.2, 0.25) is 0 Å². The summed E-state index contributed by atoms with van der Waals surface area (Å²) in [5.41, 5.74) is 0.917. The molecule has 3 nitrogen and oxygen atoms in total. The van der Waals surface area contributed by atoms with E-state index in [9.17, 15) is 13.2 Å². The van der Waals surface area contributed by atoms with Gasteiger partial charge in [0.15, 0.2) is 0 Å². The summed E-state index contributed by atoms with van der Waals surface area (Å²) in [5, 5.41) is 6.66. The Morgan fingerprint density at radius 3 is 2.19 bits per heavy atom. The Hall–Kier alpha value is -1.27. The molecule has 120 valence electrons. The van der Waals surface area contributed by atoms with Crippen LogP contribution in [0.25, 0.3) is 0 Å². The van der Waals surface area contributed by atoms with Crippen LogP contribution >= 0.6 is 0 Å². The van der Waals surface area contributed by atoms with Crippen molar-refractivity contribution in [2.45, 2.75) is 39.7 Å². The summed E-state index contributed by atoms with van der Waals surface area (Å²) in [6, 6.07) is 6.19. The highest BCUT2D eigenvalue weighted by molar-refractivity contribution is 5.27. The van der Waals surface area contributed by atoms with Gasteiger partial charge in [0.1, 0.15) is 5.75 Å². The third-order valence-corrected chi connectivity index (χ3v) is 2.81. The second-order valence-corrected chi connectivity index (χ2v) is 5.53. The summed E-state index contributed by atoms with van der Waals surface area (Å²) < 4.78 is 39.9. The van der Waals surface area contributed by atoms with Crippen LogP contribution in [0.5, 0.6) is 5.75 Å². The van der Waals surface area contributed by atoms with Crippen LogP contribution in [0.4, 0.5) is 13.2 Å². The quantitative estimate of drug-likeness (QED) is 0.773. The van der Waals surface area contributed by atoms with Crippen molar-refractivity contribution < 1.29 is 17.9 Å². The summed E-state index contributed by atoms with van der Waals surface area (Å²) in [5.74, 6) is 0.413. The maximum Gasteiger partial charge on any atom is 0.573 e. The zero-order valence-electron chi connectivity index (χ0n) is 12.6. The maximum absolute atomic E-state index is 12.0. The predicted molar refractivity (Wildman–Crippen MR) is 77.1 cm³/mol. The molecule has 0 aliphatic heterocycles. The topological polar surface area (TPSA) is 33.3 Å². The molecule has 0 aromatic heterocycles. The van der Waals surface area contributed by atoms with E-state index in [4.69, 9.17) is 0 Å². The molecule has 1 aromatic carbocycles. The highest BCUT2D eigenvalue weighted by Gasteiger charge is 2.30. The van der Waals surface area contributed by atoms with Gasteiger partial charge >= 0.3 is 6.36 Å². The zero-order valence-corrected chi connectivity index (χ0v) is 12.6. The monoisotopic (exact) mass is 304 g/mol. The summed E-state index contributed by atoms with van der Waals surface area (Å²) in [4.78, 5) is 0. The molecule has 2 N–H and O–H groups in total. The molecule has 0 bridgehead atoms. The average molecular weight is 304 g/mol.